The lowest BCUT2D eigenvalue weighted by Crippen LogP contribution is -2.09. The highest BCUT2D eigenvalue weighted by Gasteiger charge is 2.14. The van der Waals surface area contributed by atoms with Crippen molar-refractivity contribution >= 4 is 11.6 Å². The monoisotopic (exact) mass is 342 g/mol. The van der Waals surface area contributed by atoms with Crippen molar-refractivity contribution in [3.63, 3.8) is 0 Å². The number of nitrogens with one attached hydrogen (secondary N) is 1. The molecule has 1 aromatic carbocycles. The van der Waals surface area contributed by atoms with Crippen molar-refractivity contribution in [2.45, 2.75) is 33.2 Å². The van der Waals surface area contributed by atoms with Crippen LogP contribution in [0.5, 0.6) is 0 Å². The van der Waals surface area contributed by atoms with E-state index in [1.807, 2.05) is 29.9 Å². The Morgan fingerprint density at radius 1 is 1.33 bits per heavy atom. The van der Waals surface area contributed by atoms with Crippen LogP contribution in [0.15, 0.2) is 41.5 Å². The van der Waals surface area contributed by atoms with Gasteiger partial charge in [0.05, 0.1) is 17.9 Å². The van der Waals surface area contributed by atoms with Gasteiger partial charge in [-0.25, -0.2) is 4.98 Å². The molecule has 0 spiro atoms. The second-order valence-corrected chi connectivity index (χ2v) is 6.22. The third-order valence-electron chi connectivity index (χ3n) is 4.08. The summed E-state index contributed by atoms with van der Waals surface area (Å²) < 4.78 is 1.83. The van der Waals surface area contributed by atoms with Gasteiger partial charge in [-0.3, -0.25) is 9.48 Å². The summed E-state index contributed by atoms with van der Waals surface area (Å²) in [6, 6.07) is 7.59. The first-order chi connectivity index (χ1) is 11.5. The van der Waals surface area contributed by atoms with Crippen LogP contribution in [-0.4, -0.2) is 19.7 Å². The summed E-state index contributed by atoms with van der Waals surface area (Å²) in [5, 5.41) is 5.16. The number of H-pyrrole nitrogens is 1. The molecule has 24 heavy (non-hydrogen) atoms. The van der Waals surface area contributed by atoms with E-state index in [2.05, 4.69) is 28.1 Å². The topological polar surface area (TPSA) is 63.6 Å². The number of nitrogens with zero attached hydrogens (tertiary/aromatic N) is 3. The lowest BCUT2D eigenvalue weighted by atomic mass is 10.0. The Bertz CT molecular complexity index is 929. The van der Waals surface area contributed by atoms with Crippen molar-refractivity contribution in [3.05, 3.63) is 69.0 Å². The van der Waals surface area contributed by atoms with E-state index in [4.69, 9.17) is 11.6 Å². The van der Waals surface area contributed by atoms with Gasteiger partial charge in [0.25, 0.3) is 5.56 Å². The number of benzene rings is 1. The Morgan fingerprint density at radius 2 is 2.12 bits per heavy atom. The van der Waals surface area contributed by atoms with Gasteiger partial charge in [0.2, 0.25) is 0 Å². The molecule has 0 saturated heterocycles. The van der Waals surface area contributed by atoms with Crippen molar-refractivity contribution in [3.8, 4) is 11.3 Å². The van der Waals surface area contributed by atoms with Crippen LogP contribution in [0.2, 0.25) is 5.02 Å². The standard InChI is InChI=1S/C18H19ClN4O/c1-4-13-5-6-15(16(19)7-13)11(2)23-10-14(9-20-23)17-8-18(24)22-12(3)21-17/h5-11H,4H2,1-3H3,(H,21,22,24)/t11-/m1/s1. The molecular weight excluding hydrogens is 324 g/mol. The summed E-state index contributed by atoms with van der Waals surface area (Å²) in [5.74, 6) is 0.580. The van der Waals surface area contributed by atoms with Gasteiger partial charge in [-0.05, 0) is 37.5 Å². The van der Waals surface area contributed by atoms with Crippen molar-refractivity contribution in [1.82, 2.24) is 19.7 Å². The fourth-order valence-electron chi connectivity index (χ4n) is 2.68. The summed E-state index contributed by atoms with van der Waals surface area (Å²) >= 11 is 6.42. The molecule has 3 rings (SSSR count). The Morgan fingerprint density at radius 3 is 2.79 bits per heavy atom. The Balaban J connectivity index is 1.94. The van der Waals surface area contributed by atoms with Crippen molar-refractivity contribution in [2.75, 3.05) is 0 Å². The third-order valence-corrected chi connectivity index (χ3v) is 4.40. The van der Waals surface area contributed by atoms with Crippen LogP contribution in [0, 0.1) is 6.92 Å². The molecule has 2 aromatic heterocycles. The predicted octanol–water partition coefficient (Wildman–Crippen LogP) is 3.77. The zero-order chi connectivity index (χ0) is 17.3. The van der Waals surface area contributed by atoms with E-state index in [1.165, 1.54) is 11.6 Å². The van der Waals surface area contributed by atoms with E-state index in [9.17, 15) is 4.79 Å². The van der Waals surface area contributed by atoms with E-state index in [0.29, 0.717) is 11.5 Å². The molecule has 2 heterocycles. The smallest absolute Gasteiger partial charge is 0.251 e. The summed E-state index contributed by atoms with van der Waals surface area (Å²) in [4.78, 5) is 18.6. The molecule has 0 amide bonds. The van der Waals surface area contributed by atoms with Crippen molar-refractivity contribution in [2.24, 2.45) is 0 Å². The average Bonchev–Trinajstić information content (AvgIpc) is 3.03. The largest absolute Gasteiger partial charge is 0.311 e. The van der Waals surface area contributed by atoms with Gasteiger partial charge in [0.15, 0.2) is 0 Å². The Kier molecular flexibility index (Phi) is 4.53. The summed E-state index contributed by atoms with van der Waals surface area (Å²) in [6.07, 6.45) is 4.55. The molecule has 124 valence electrons. The van der Waals surface area contributed by atoms with Crippen LogP contribution in [0.4, 0.5) is 0 Å². The number of aromatic amines is 1. The van der Waals surface area contributed by atoms with Crippen LogP contribution < -0.4 is 5.56 Å². The number of aromatic nitrogens is 4. The first-order valence-electron chi connectivity index (χ1n) is 7.88. The number of hydrogen-bond acceptors (Lipinski definition) is 3. The van der Waals surface area contributed by atoms with Gasteiger partial charge in [0, 0.05) is 22.8 Å². The first-order valence-corrected chi connectivity index (χ1v) is 8.26. The lowest BCUT2D eigenvalue weighted by molar-refractivity contribution is 0.564. The first kappa shape index (κ1) is 16.5. The molecule has 0 aliphatic heterocycles. The molecule has 1 N–H and O–H groups in total. The van der Waals surface area contributed by atoms with Crippen LogP contribution in [-0.2, 0) is 6.42 Å². The summed E-state index contributed by atoms with van der Waals surface area (Å²) in [5.41, 5.74) is 3.47. The molecule has 0 bridgehead atoms. The molecule has 0 unspecified atom stereocenters. The average molecular weight is 343 g/mol. The lowest BCUT2D eigenvalue weighted by Gasteiger charge is -2.15. The Labute approximate surface area is 145 Å². The molecule has 6 heteroatoms. The van der Waals surface area contributed by atoms with Crippen molar-refractivity contribution in [1.29, 1.82) is 0 Å². The predicted molar refractivity (Wildman–Crippen MR) is 95.5 cm³/mol. The Hall–Kier alpha value is -2.40. The summed E-state index contributed by atoms with van der Waals surface area (Å²) in [6.45, 7) is 5.90. The maximum atomic E-state index is 11.6. The normalized spacial score (nSPS) is 12.3. The number of halogens is 1. The highest BCUT2D eigenvalue weighted by molar-refractivity contribution is 6.31. The van der Waals surface area contributed by atoms with Gasteiger partial charge < -0.3 is 4.98 Å². The molecule has 5 nitrogen and oxygen atoms in total. The van der Waals surface area contributed by atoms with Crippen LogP contribution in [0.3, 0.4) is 0 Å². The van der Waals surface area contributed by atoms with Crippen molar-refractivity contribution < 1.29 is 0 Å². The quantitative estimate of drug-likeness (QED) is 0.785. The third kappa shape index (κ3) is 3.26. The number of aryl methyl sites for hydroxylation is 2. The van der Waals surface area contributed by atoms with E-state index in [-0.39, 0.29) is 11.6 Å². The zero-order valence-electron chi connectivity index (χ0n) is 13.9. The maximum Gasteiger partial charge on any atom is 0.251 e. The van der Waals surface area contributed by atoms with Crippen LogP contribution in [0.25, 0.3) is 11.3 Å². The summed E-state index contributed by atoms with van der Waals surface area (Å²) in [7, 11) is 0. The molecule has 0 radical (unpaired) electrons. The van der Waals surface area contributed by atoms with Crippen LogP contribution >= 0.6 is 11.6 Å². The van der Waals surface area contributed by atoms with Gasteiger partial charge in [-0.15, -0.1) is 0 Å². The molecule has 1 atom stereocenters. The van der Waals surface area contributed by atoms with E-state index < -0.39 is 0 Å². The minimum atomic E-state index is -0.170. The minimum absolute atomic E-state index is 0.0137. The van der Waals surface area contributed by atoms with E-state index in [0.717, 1.165) is 22.6 Å². The second kappa shape index (κ2) is 6.61. The second-order valence-electron chi connectivity index (χ2n) is 5.81. The van der Waals surface area contributed by atoms with E-state index in [1.54, 1.807) is 13.1 Å². The molecule has 0 aliphatic carbocycles. The molecule has 0 saturated carbocycles. The van der Waals surface area contributed by atoms with Gasteiger partial charge in [-0.2, -0.15) is 5.10 Å². The number of hydrogen-bond donors (Lipinski definition) is 1. The van der Waals surface area contributed by atoms with Gasteiger partial charge in [-0.1, -0.05) is 30.7 Å². The molecular formula is C18H19ClN4O. The van der Waals surface area contributed by atoms with E-state index >= 15 is 0 Å². The SMILES string of the molecule is CCc1ccc([C@@H](C)n2cc(-c3cc(=O)[nH]c(C)n3)cn2)c(Cl)c1. The highest BCUT2D eigenvalue weighted by Crippen LogP contribution is 2.28. The fraction of sp³-hybridized carbons (Fsp3) is 0.278. The highest BCUT2D eigenvalue weighted by atomic mass is 35.5. The molecule has 0 aliphatic rings. The zero-order valence-corrected chi connectivity index (χ0v) is 14.6. The fourth-order valence-corrected chi connectivity index (χ4v) is 3.04. The molecule has 3 aromatic rings. The van der Waals surface area contributed by atoms with Gasteiger partial charge in [0.1, 0.15) is 5.82 Å². The number of rotatable bonds is 4. The van der Waals surface area contributed by atoms with Gasteiger partial charge >= 0.3 is 0 Å². The maximum absolute atomic E-state index is 11.6. The molecule has 0 fully saturated rings. The van der Waals surface area contributed by atoms with Crippen LogP contribution in [0.1, 0.15) is 36.8 Å². The minimum Gasteiger partial charge on any atom is -0.311 e.